The van der Waals surface area contributed by atoms with Crippen LogP contribution in [-0.4, -0.2) is 22.3 Å². The fourth-order valence-corrected chi connectivity index (χ4v) is 9.41. The SMILES string of the molecule is CC(C)=CCC[C@H](C(=O)O)[C@@H]1CC[C@]2(C)C3=C(CC[C@]12C)[C@]1(C)CC[C@H](O)C(C)(C)[C@@H]1CC3. The Balaban J connectivity index is 1.69. The summed E-state index contributed by atoms with van der Waals surface area (Å²) in [6.45, 7) is 16.2. The lowest BCUT2D eigenvalue weighted by atomic mass is 9.43. The minimum atomic E-state index is -0.592. The summed E-state index contributed by atoms with van der Waals surface area (Å²) in [6, 6.07) is 0. The zero-order valence-electron chi connectivity index (χ0n) is 22.3. The summed E-state index contributed by atoms with van der Waals surface area (Å²) >= 11 is 0. The number of aliphatic hydroxyl groups excluding tert-OH is 1. The second kappa shape index (κ2) is 8.25. The van der Waals surface area contributed by atoms with Crippen LogP contribution in [0, 0.1) is 39.4 Å². The second-order valence-corrected chi connectivity index (χ2v) is 13.5. The van der Waals surface area contributed by atoms with Gasteiger partial charge in [-0.1, -0.05) is 57.4 Å². The Bertz CT molecular complexity index is 862. The van der Waals surface area contributed by atoms with Crippen molar-refractivity contribution in [1.29, 1.82) is 0 Å². The zero-order valence-corrected chi connectivity index (χ0v) is 22.3. The second-order valence-electron chi connectivity index (χ2n) is 13.5. The Labute approximate surface area is 202 Å². The maximum atomic E-state index is 12.5. The highest BCUT2D eigenvalue weighted by Gasteiger charge is 2.64. The molecule has 0 bridgehead atoms. The van der Waals surface area contributed by atoms with Gasteiger partial charge in [0.05, 0.1) is 12.0 Å². The molecule has 0 heterocycles. The number of carbonyl (C=O) groups is 1. The molecule has 7 atom stereocenters. The van der Waals surface area contributed by atoms with E-state index in [1.807, 2.05) is 0 Å². The first kappa shape index (κ1) is 25.0. The maximum absolute atomic E-state index is 12.5. The van der Waals surface area contributed by atoms with Gasteiger partial charge in [-0.15, -0.1) is 0 Å². The van der Waals surface area contributed by atoms with E-state index in [9.17, 15) is 15.0 Å². The van der Waals surface area contributed by atoms with E-state index in [0.29, 0.717) is 5.92 Å². The van der Waals surface area contributed by atoms with Crippen LogP contribution in [0.3, 0.4) is 0 Å². The highest BCUT2D eigenvalue weighted by molar-refractivity contribution is 5.70. The monoisotopic (exact) mass is 456 g/mol. The molecule has 0 amide bonds. The molecule has 0 aromatic rings. The highest BCUT2D eigenvalue weighted by Crippen LogP contribution is 2.72. The molecular formula is C30H48O3. The van der Waals surface area contributed by atoms with Crippen LogP contribution in [-0.2, 0) is 4.79 Å². The van der Waals surface area contributed by atoms with Gasteiger partial charge in [-0.25, -0.2) is 0 Å². The lowest BCUT2D eigenvalue weighted by Gasteiger charge is -2.62. The lowest BCUT2D eigenvalue weighted by Crippen LogP contribution is -2.55. The van der Waals surface area contributed by atoms with Gasteiger partial charge in [-0.05, 0) is 112 Å². The van der Waals surface area contributed by atoms with E-state index >= 15 is 0 Å². The van der Waals surface area contributed by atoms with Crippen LogP contribution in [0.5, 0.6) is 0 Å². The van der Waals surface area contributed by atoms with Gasteiger partial charge in [-0.3, -0.25) is 4.79 Å². The number of aliphatic carboxylic acids is 1. The molecule has 0 radical (unpaired) electrons. The predicted molar refractivity (Wildman–Crippen MR) is 135 cm³/mol. The number of carboxylic acid groups (broad SMARTS) is 1. The minimum absolute atomic E-state index is 0.0370. The molecule has 0 aromatic carbocycles. The molecule has 4 aliphatic rings. The largest absolute Gasteiger partial charge is 0.481 e. The van der Waals surface area contributed by atoms with Crippen molar-refractivity contribution in [3.8, 4) is 0 Å². The molecule has 2 fully saturated rings. The van der Waals surface area contributed by atoms with Crippen molar-refractivity contribution in [2.75, 3.05) is 0 Å². The van der Waals surface area contributed by atoms with Gasteiger partial charge in [0.1, 0.15) is 0 Å². The quantitative estimate of drug-likeness (QED) is 0.420. The van der Waals surface area contributed by atoms with E-state index in [1.165, 1.54) is 12.0 Å². The Hall–Kier alpha value is -1.09. The van der Waals surface area contributed by atoms with Gasteiger partial charge in [0.25, 0.3) is 0 Å². The first-order chi connectivity index (χ1) is 15.3. The first-order valence-corrected chi connectivity index (χ1v) is 13.6. The third-order valence-corrected chi connectivity index (χ3v) is 11.6. The normalized spacial score (nSPS) is 42.7. The Morgan fingerprint density at radius 3 is 2.33 bits per heavy atom. The highest BCUT2D eigenvalue weighted by atomic mass is 16.4. The third kappa shape index (κ3) is 3.58. The van der Waals surface area contributed by atoms with E-state index in [1.54, 1.807) is 11.1 Å². The van der Waals surface area contributed by atoms with Crippen molar-refractivity contribution in [2.45, 2.75) is 119 Å². The molecule has 0 spiro atoms. The lowest BCUT2D eigenvalue weighted by molar-refractivity contribution is -0.146. The molecule has 0 aromatic heterocycles. The first-order valence-electron chi connectivity index (χ1n) is 13.6. The Kier molecular flexibility index (Phi) is 6.25. The molecule has 4 aliphatic carbocycles. The van der Waals surface area contributed by atoms with Gasteiger partial charge in [0.15, 0.2) is 0 Å². The molecule has 3 nitrogen and oxygen atoms in total. The van der Waals surface area contributed by atoms with E-state index in [0.717, 1.165) is 57.8 Å². The van der Waals surface area contributed by atoms with E-state index in [-0.39, 0.29) is 39.6 Å². The van der Waals surface area contributed by atoms with Crippen LogP contribution in [0.15, 0.2) is 22.8 Å². The number of carboxylic acids is 1. The smallest absolute Gasteiger partial charge is 0.306 e. The summed E-state index contributed by atoms with van der Waals surface area (Å²) in [4.78, 5) is 12.5. The van der Waals surface area contributed by atoms with Crippen LogP contribution in [0.2, 0.25) is 0 Å². The van der Waals surface area contributed by atoms with Gasteiger partial charge < -0.3 is 10.2 Å². The summed E-state index contributed by atoms with van der Waals surface area (Å²) in [5.41, 5.74) is 5.00. The summed E-state index contributed by atoms with van der Waals surface area (Å²) in [7, 11) is 0. The van der Waals surface area contributed by atoms with Crippen molar-refractivity contribution in [3.05, 3.63) is 22.8 Å². The zero-order chi connectivity index (χ0) is 24.4. The number of hydrogen-bond acceptors (Lipinski definition) is 2. The van der Waals surface area contributed by atoms with Gasteiger partial charge >= 0.3 is 5.97 Å². The van der Waals surface area contributed by atoms with Crippen molar-refractivity contribution >= 4 is 5.97 Å². The molecule has 0 unspecified atom stereocenters. The van der Waals surface area contributed by atoms with E-state index < -0.39 is 5.97 Å². The molecule has 33 heavy (non-hydrogen) atoms. The van der Waals surface area contributed by atoms with Crippen LogP contribution in [0.1, 0.15) is 113 Å². The molecule has 2 N–H and O–H groups in total. The van der Waals surface area contributed by atoms with E-state index in [4.69, 9.17) is 0 Å². The van der Waals surface area contributed by atoms with Gasteiger partial charge in [-0.2, -0.15) is 0 Å². The Morgan fingerprint density at radius 2 is 1.70 bits per heavy atom. The number of rotatable bonds is 5. The van der Waals surface area contributed by atoms with Crippen LogP contribution >= 0.6 is 0 Å². The molecule has 4 rings (SSSR count). The summed E-state index contributed by atoms with van der Waals surface area (Å²) in [5.74, 6) is -0.0420. The molecule has 3 heteroatoms. The van der Waals surface area contributed by atoms with Crippen molar-refractivity contribution in [2.24, 2.45) is 39.4 Å². The molecule has 0 aliphatic heterocycles. The third-order valence-electron chi connectivity index (χ3n) is 11.6. The number of hydrogen-bond donors (Lipinski definition) is 2. The fourth-order valence-electron chi connectivity index (χ4n) is 9.41. The van der Waals surface area contributed by atoms with Crippen molar-refractivity contribution in [1.82, 2.24) is 0 Å². The average molecular weight is 457 g/mol. The minimum Gasteiger partial charge on any atom is -0.481 e. The van der Waals surface area contributed by atoms with Crippen LogP contribution in [0.4, 0.5) is 0 Å². The molecule has 2 saturated carbocycles. The van der Waals surface area contributed by atoms with Gasteiger partial charge in [0.2, 0.25) is 0 Å². The Morgan fingerprint density at radius 1 is 1.00 bits per heavy atom. The van der Waals surface area contributed by atoms with E-state index in [2.05, 4.69) is 54.5 Å². The predicted octanol–water partition coefficient (Wildman–Crippen LogP) is 7.54. The summed E-state index contributed by atoms with van der Waals surface area (Å²) in [5, 5.41) is 21.0. The molecular weight excluding hydrogens is 408 g/mol. The topological polar surface area (TPSA) is 57.5 Å². The van der Waals surface area contributed by atoms with Gasteiger partial charge in [0, 0.05) is 0 Å². The maximum Gasteiger partial charge on any atom is 0.306 e. The van der Waals surface area contributed by atoms with Crippen molar-refractivity contribution in [3.63, 3.8) is 0 Å². The van der Waals surface area contributed by atoms with Crippen LogP contribution < -0.4 is 0 Å². The molecule has 0 saturated heterocycles. The summed E-state index contributed by atoms with van der Waals surface area (Å²) < 4.78 is 0. The number of aliphatic hydroxyl groups is 1. The fraction of sp³-hybridized carbons (Fsp3) is 0.833. The van der Waals surface area contributed by atoms with Crippen molar-refractivity contribution < 1.29 is 15.0 Å². The van der Waals surface area contributed by atoms with Crippen LogP contribution in [0.25, 0.3) is 0 Å². The number of allylic oxidation sites excluding steroid dienone is 4. The standard InChI is InChI=1S/C30H48O3/c1-19(2)9-8-10-20(26(32)33)21-13-17-30(7)23-11-12-24-27(3,4)25(31)15-16-28(24,5)22(23)14-18-29(21,30)6/h9,20-21,24-25,31H,8,10-18H2,1-7H3,(H,32,33)/t20-,21-,24-,25-,28-,29+,30+/m0/s1. The summed E-state index contributed by atoms with van der Waals surface area (Å²) in [6.07, 6.45) is 12.3. The number of fused-ring (bicyclic) bond motifs is 4. The molecule has 186 valence electrons. The average Bonchev–Trinajstić information content (AvgIpc) is 3.00.